The minimum Gasteiger partial charge on any atom is -0.488 e. The van der Waals surface area contributed by atoms with Crippen LogP contribution in [0.3, 0.4) is 0 Å². The number of benzene rings is 4. The number of anilines is 1. The quantitative estimate of drug-likeness (QED) is 0.192. The molecule has 2 aliphatic rings. The Balaban J connectivity index is 1.14. The van der Waals surface area contributed by atoms with Gasteiger partial charge < -0.3 is 10.1 Å². The van der Waals surface area contributed by atoms with Crippen LogP contribution in [0.25, 0.3) is 0 Å². The highest BCUT2D eigenvalue weighted by atomic mass is 79.9. The van der Waals surface area contributed by atoms with E-state index in [0.717, 1.165) is 33.5 Å². The van der Waals surface area contributed by atoms with Gasteiger partial charge in [0.05, 0.1) is 16.2 Å². The van der Waals surface area contributed by atoms with Crippen LogP contribution in [0.5, 0.6) is 5.75 Å². The first-order chi connectivity index (χ1) is 18.1. The summed E-state index contributed by atoms with van der Waals surface area (Å²) < 4.78 is 6.89. The van der Waals surface area contributed by atoms with Gasteiger partial charge in [-0.05, 0) is 93.8 Å². The fourth-order valence-electron chi connectivity index (χ4n) is 5.41. The van der Waals surface area contributed by atoms with Gasteiger partial charge in [-0.15, -0.1) is 0 Å². The Kier molecular flexibility index (Phi) is 6.67. The molecule has 0 saturated carbocycles. The Labute approximate surface area is 227 Å². The van der Waals surface area contributed by atoms with E-state index in [1.165, 1.54) is 22.4 Å². The van der Waals surface area contributed by atoms with E-state index >= 15 is 0 Å². The Morgan fingerprint density at radius 1 is 0.973 bits per heavy atom. The number of hydrogen-bond donors (Lipinski definition) is 1. The van der Waals surface area contributed by atoms with E-state index < -0.39 is 0 Å². The molecule has 0 fully saturated rings. The Bertz CT molecular complexity index is 1460. The summed E-state index contributed by atoms with van der Waals surface area (Å²) in [5.41, 5.74) is 8.42. The molecule has 0 amide bonds. The second-order valence-corrected chi connectivity index (χ2v) is 10.7. The van der Waals surface area contributed by atoms with Gasteiger partial charge in [0.2, 0.25) is 0 Å². The minimum absolute atomic E-state index is 0.299. The van der Waals surface area contributed by atoms with Gasteiger partial charge in [-0.1, -0.05) is 72.3 Å². The lowest BCUT2D eigenvalue weighted by molar-refractivity contribution is 0.304. The number of hydrogen-bond acceptors (Lipinski definition) is 3. The third kappa shape index (κ3) is 5.12. The summed E-state index contributed by atoms with van der Waals surface area (Å²) >= 11 is 3.64. The van der Waals surface area contributed by atoms with Crippen LogP contribution in [0, 0.1) is 12.8 Å². The summed E-state index contributed by atoms with van der Waals surface area (Å²) in [6.45, 7) is 2.71. The molecule has 1 N–H and O–H groups in total. The van der Waals surface area contributed by atoms with Crippen molar-refractivity contribution in [1.29, 1.82) is 0 Å². The maximum absolute atomic E-state index is 5.97. The first kappa shape index (κ1) is 23.7. The first-order valence-electron chi connectivity index (χ1n) is 12.8. The van der Waals surface area contributed by atoms with E-state index in [1.807, 2.05) is 42.6 Å². The van der Waals surface area contributed by atoms with Crippen LogP contribution < -0.4 is 10.1 Å². The molecule has 3 nitrogen and oxygen atoms in total. The summed E-state index contributed by atoms with van der Waals surface area (Å²) in [6, 6.07) is 32.0. The van der Waals surface area contributed by atoms with Crippen LogP contribution in [0.2, 0.25) is 0 Å². The molecule has 4 aromatic rings. The summed E-state index contributed by atoms with van der Waals surface area (Å²) in [5, 5.41) is 3.83. The molecule has 1 aliphatic carbocycles. The van der Waals surface area contributed by atoms with Crippen molar-refractivity contribution in [2.24, 2.45) is 10.9 Å². The van der Waals surface area contributed by atoms with Gasteiger partial charge in [-0.2, -0.15) is 0 Å². The number of rotatable bonds is 6. The molecule has 0 unspecified atom stereocenters. The van der Waals surface area contributed by atoms with Crippen LogP contribution in [0.4, 0.5) is 11.4 Å². The summed E-state index contributed by atoms with van der Waals surface area (Å²) in [4.78, 5) is 4.72. The number of nitrogens with zero attached hydrogens (tertiary/aromatic N) is 1. The molecule has 184 valence electrons. The number of allylic oxidation sites excluding steroid dienone is 2. The molecule has 3 atom stereocenters. The van der Waals surface area contributed by atoms with Crippen molar-refractivity contribution >= 4 is 33.5 Å². The minimum atomic E-state index is 0.299. The molecular formula is C33H29BrN2O. The topological polar surface area (TPSA) is 33.6 Å². The second kappa shape index (κ2) is 10.4. The predicted octanol–water partition coefficient (Wildman–Crippen LogP) is 8.91. The molecule has 0 aromatic heterocycles. The highest BCUT2D eigenvalue weighted by molar-refractivity contribution is 9.10. The molecule has 1 aliphatic heterocycles. The fraction of sp³-hybridized carbons (Fsp3) is 0.182. The van der Waals surface area contributed by atoms with Crippen LogP contribution in [0.15, 0.2) is 113 Å². The molecule has 0 spiro atoms. The molecule has 0 radical (unpaired) electrons. The van der Waals surface area contributed by atoms with Crippen molar-refractivity contribution in [3.8, 4) is 5.75 Å². The van der Waals surface area contributed by atoms with E-state index in [0.29, 0.717) is 24.5 Å². The molecule has 0 saturated heterocycles. The Hall–Kier alpha value is -3.63. The molecule has 6 rings (SSSR count). The molecule has 4 aromatic carbocycles. The number of fused-ring (bicyclic) bond motifs is 3. The monoisotopic (exact) mass is 548 g/mol. The van der Waals surface area contributed by atoms with Gasteiger partial charge in [0, 0.05) is 17.8 Å². The van der Waals surface area contributed by atoms with E-state index in [-0.39, 0.29) is 0 Å². The zero-order chi connectivity index (χ0) is 25.2. The van der Waals surface area contributed by atoms with Gasteiger partial charge in [-0.3, -0.25) is 4.99 Å². The van der Waals surface area contributed by atoms with E-state index in [1.54, 1.807) is 0 Å². The number of aliphatic imine (C=N–C) groups is 1. The fourth-order valence-corrected chi connectivity index (χ4v) is 5.92. The van der Waals surface area contributed by atoms with Crippen molar-refractivity contribution in [3.05, 3.63) is 135 Å². The van der Waals surface area contributed by atoms with Gasteiger partial charge in [0.1, 0.15) is 12.4 Å². The number of halogens is 1. The second-order valence-electron chi connectivity index (χ2n) is 9.88. The molecule has 1 heterocycles. The summed E-state index contributed by atoms with van der Waals surface area (Å²) in [6.07, 6.45) is 7.74. The van der Waals surface area contributed by atoms with Crippen molar-refractivity contribution in [2.45, 2.75) is 31.9 Å². The lowest BCUT2D eigenvalue weighted by Gasteiger charge is -2.37. The highest BCUT2D eigenvalue weighted by Gasteiger charge is 2.37. The predicted molar refractivity (Wildman–Crippen MR) is 156 cm³/mol. The molecule has 0 bridgehead atoms. The normalized spacial score (nSPS) is 19.9. The van der Waals surface area contributed by atoms with Gasteiger partial charge in [0.25, 0.3) is 0 Å². The summed E-state index contributed by atoms with van der Waals surface area (Å²) in [7, 11) is 0. The standard InChI is InChI=1S/C33H29BrN2O/c1-22-10-16-31-29(18-22)27-8-5-9-28(27)33(36-31)25-12-14-26(15-13-25)35-20-24-11-17-32(30(34)19-24)37-21-23-6-3-2-4-7-23/h2-8,10-20,27-28,33,36H,9,21H2,1H3/t27-,28+,33-/m1/s1. The van der Waals surface area contributed by atoms with Crippen LogP contribution in [-0.2, 0) is 6.61 Å². The SMILES string of the molecule is Cc1ccc2c(c1)[C@@H]1C=CC[C@@H]1[C@@H](c1ccc(N=Cc3ccc(OCc4ccccc4)c(Br)c3)cc1)N2. The van der Waals surface area contributed by atoms with Crippen LogP contribution >= 0.6 is 15.9 Å². The van der Waals surface area contributed by atoms with Crippen LogP contribution in [-0.4, -0.2) is 6.21 Å². The Morgan fingerprint density at radius 3 is 2.62 bits per heavy atom. The maximum atomic E-state index is 5.97. The smallest absolute Gasteiger partial charge is 0.134 e. The highest BCUT2D eigenvalue weighted by Crippen LogP contribution is 2.50. The number of nitrogens with one attached hydrogen (secondary N) is 1. The van der Waals surface area contributed by atoms with Gasteiger partial charge in [0.15, 0.2) is 0 Å². The average Bonchev–Trinajstić information content (AvgIpc) is 3.43. The average molecular weight is 550 g/mol. The third-order valence-electron chi connectivity index (χ3n) is 7.33. The van der Waals surface area contributed by atoms with Gasteiger partial charge in [-0.25, -0.2) is 0 Å². The summed E-state index contributed by atoms with van der Waals surface area (Å²) in [5.74, 6) is 1.85. The van der Waals surface area contributed by atoms with E-state index in [4.69, 9.17) is 9.73 Å². The van der Waals surface area contributed by atoms with Gasteiger partial charge >= 0.3 is 0 Å². The third-order valence-corrected chi connectivity index (χ3v) is 7.95. The molecule has 4 heteroatoms. The molecular weight excluding hydrogens is 520 g/mol. The van der Waals surface area contributed by atoms with Crippen molar-refractivity contribution in [2.75, 3.05) is 5.32 Å². The van der Waals surface area contributed by atoms with Crippen molar-refractivity contribution in [3.63, 3.8) is 0 Å². The number of aryl methyl sites for hydroxylation is 1. The largest absolute Gasteiger partial charge is 0.488 e. The Morgan fingerprint density at radius 2 is 1.81 bits per heavy atom. The van der Waals surface area contributed by atoms with Crippen LogP contribution in [0.1, 0.15) is 46.2 Å². The number of ether oxygens (including phenoxy) is 1. The zero-order valence-electron chi connectivity index (χ0n) is 20.8. The van der Waals surface area contributed by atoms with E-state index in [9.17, 15) is 0 Å². The first-order valence-corrected chi connectivity index (χ1v) is 13.6. The molecule has 37 heavy (non-hydrogen) atoms. The van der Waals surface area contributed by atoms with E-state index in [2.05, 4.69) is 94.9 Å². The lowest BCUT2D eigenvalue weighted by Crippen LogP contribution is -2.29. The maximum Gasteiger partial charge on any atom is 0.134 e. The lowest BCUT2D eigenvalue weighted by atomic mass is 9.76. The van der Waals surface area contributed by atoms with Crippen molar-refractivity contribution < 1.29 is 4.74 Å². The zero-order valence-corrected chi connectivity index (χ0v) is 22.4. The van der Waals surface area contributed by atoms with Crippen molar-refractivity contribution in [1.82, 2.24) is 0 Å².